The Labute approximate surface area is 228 Å². The number of benzene rings is 2. The van der Waals surface area contributed by atoms with E-state index in [0.29, 0.717) is 13.0 Å². The average molecular weight is 576 g/mol. The molecule has 3 atom stereocenters. The molecule has 1 saturated heterocycles. The summed E-state index contributed by atoms with van der Waals surface area (Å²) in [7, 11) is 0. The van der Waals surface area contributed by atoms with Crippen LogP contribution in [0, 0.1) is 5.92 Å². The molecule has 1 aliphatic rings. The molecule has 1 unspecified atom stereocenters. The molecule has 0 bridgehead atoms. The second-order valence-electron chi connectivity index (χ2n) is 11.0. The number of ether oxygens (including phenoxy) is 2. The summed E-state index contributed by atoms with van der Waals surface area (Å²) < 4.78 is 11.8. The van der Waals surface area contributed by atoms with Crippen molar-refractivity contribution in [1.29, 1.82) is 0 Å². The van der Waals surface area contributed by atoms with Crippen LogP contribution in [0.15, 0.2) is 42.5 Å². The predicted octanol–water partition coefficient (Wildman–Crippen LogP) is 4.99. The summed E-state index contributed by atoms with van der Waals surface area (Å²) in [5.41, 5.74) is -0.551. The van der Waals surface area contributed by atoms with Gasteiger partial charge in [0.25, 0.3) is 0 Å². The molecule has 2 aromatic carbocycles. The number of carbonyl (C=O) groups is 3. The zero-order chi connectivity index (χ0) is 27.2. The van der Waals surface area contributed by atoms with Gasteiger partial charge in [0.15, 0.2) is 5.78 Å². The number of hydrogen-bond donors (Lipinski definition) is 2. The minimum atomic E-state index is -0.995. The van der Waals surface area contributed by atoms with Crippen LogP contribution in [0.2, 0.25) is 0 Å². The molecule has 0 saturated carbocycles. The Hall–Kier alpha value is -2.29. The number of ketones is 1. The zero-order valence-electron chi connectivity index (χ0n) is 22.4. The number of nitrogens with one attached hydrogen (secondary N) is 2. The standard InChI is InChI=1S/C29H39BrN2O5/c1-19(2)26(27(35)31-23(24(33)18-30)17-25(34)37-28(3,4)5)32-29(15-8-9-16-36-29)22-14-10-12-20-11-6-7-13-21(20)22/h6-7,10-14,19,23,26,32H,8-9,15-18H2,1-5H3,(H,31,35)/t23-,26-,29?/m0/s1. The number of amides is 1. The minimum Gasteiger partial charge on any atom is -0.460 e. The second kappa shape index (κ2) is 12.5. The van der Waals surface area contributed by atoms with Crippen LogP contribution in [0.4, 0.5) is 0 Å². The molecule has 3 rings (SSSR count). The number of rotatable bonds is 10. The van der Waals surface area contributed by atoms with Crippen LogP contribution in [0.1, 0.15) is 65.9 Å². The lowest BCUT2D eigenvalue weighted by atomic mass is 9.88. The predicted molar refractivity (Wildman–Crippen MR) is 148 cm³/mol. The highest BCUT2D eigenvalue weighted by Gasteiger charge is 2.41. The molecule has 1 amide bonds. The second-order valence-corrected chi connectivity index (χ2v) is 11.5. The summed E-state index contributed by atoms with van der Waals surface area (Å²) in [6, 6.07) is 12.6. The number of hydrogen-bond acceptors (Lipinski definition) is 6. The highest BCUT2D eigenvalue weighted by Crippen LogP contribution is 2.37. The first-order chi connectivity index (χ1) is 17.5. The molecular weight excluding hydrogens is 536 g/mol. The SMILES string of the molecule is CC(C)[C@H](NC1(c2cccc3ccccc23)CCCCO1)C(=O)N[C@@H](CC(=O)OC(C)(C)C)C(=O)CBr. The van der Waals surface area contributed by atoms with Gasteiger partial charge in [-0.15, -0.1) is 0 Å². The Bertz CT molecular complexity index is 1100. The summed E-state index contributed by atoms with van der Waals surface area (Å²) >= 11 is 3.18. The number of Topliss-reactive ketones (excluding diaryl/α,β-unsaturated/α-hetero) is 1. The van der Waals surface area contributed by atoms with Crippen LogP contribution in [0.3, 0.4) is 0 Å². The van der Waals surface area contributed by atoms with Crippen LogP contribution in [-0.4, -0.2) is 47.3 Å². The van der Waals surface area contributed by atoms with Crippen molar-refractivity contribution in [2.24, 2.45) is 5.92 Å². The first-order valence-electron chi connectivity index (χ1n) is 13.0. The Balaban J connectivity index is 1.89. The maximum Gasteiger partial charge on any atom is 0.308 e. The van der Waals surface area contributed by atoms with Crippen LogP contribution in [0.5, 0.6) is 0 Å². The van der Waals surface area contributed by atoms with Gasteiger partial charge in [0.2, 0.25) is 5.91 Å². The Kier molecular flexibility index (Phi) is 9.89. The number of fused-ring (bicyclic) bond motifs is 1. The molecule has 2 aromatic rings. The van der Waals surface area contributed by atoms with Gasteiger partial charge in [0, 0.05) is 12.2 Å². The molecule has 1 fully saturated rings. The Morgan fingerprint density at radius 2 is 1.78 bits per heavy atom. The van der Waals surface area contributed by atoms with Crippen LogP contribution >= 0.6 is 15.9 Å². The van der Waals surface area contributed by atoms with Crippen LogP contribution < -0.4 is 10.6 Å². The lowest BCUT2D eigenvalue weighted by Crippen LogP contribution is -2.60. The van der Waals surface area contributed by atoms with Gasteiger partial charge in [-0.3, -0.25) is 19.7 Å². The maximum atomic E-state index is 13.6. The third kappa shape index (κ3) is 7.62. The molecule has 0 aromatic heterocycles. The number of halogens is 1. The third-order valence-electron chi connectivity index (χ3n) is 6.46. The van der Waals surface area contributed by atoms with Gasteiger partial charge in [-0.2, -0.15) is 0 Å². The molecule has 8 heteroatoms. The van der Waals surface area contributed by atoms with E-state index in [9.17, 15) is 14.4 Å². The number of carbonyl (C=O) groups excluding carboxylic acids is 3. The van der Waals surface area contributed by atoms with Gasteiger partial charge in [-0.05, 0) is 56.7 Å². The summed E-state index contributed by atoms with van der Waals surface area (Å²) in [4.78, 5) is 38.8. The van der Waals surface area contributed by atoms with Gasteiger partial charge in [0.1, 0.15) is 11.3 Å². The zero-order valence-corrected chi connectivity index (χ0v) is 24.0. The van der Waals surface area contributed by atoms with Crippen molar-refractivity contribution in [3.05, 3.63) is 48.0 Å². The molecule has 2 N–H and O–H groups in total. The quantitative estimate of drug-likeness (QED) is 0.307. The van der Waals surface area contributed by atoms with Crippen molar-refractivity contribution in [3.8, 4) is 0 Å². The number of alkyl halides is 1. The average Bonchev–Trinajstić information content (AvgIpc) is 2.85. The molecular formula is C29H39BrN2O5. The van der Waals surface area contributed by atoms with Crippen molar-refractivity contribution >= 4 is 44.4 Å². The molecule has 7 nitrogen and oxygen atoms in total. The van der Waals surface area contributed by atoms with Crippen LogP contribution in [0.25, 0.3) is 10.8 Å². The fourth-order valence-corrected chi connectivity index (χ4v) is 5.10. The normalized spacial score (nSPS) is 19.9. The molecule has 1 aliphatic heterocycles. The van der Waals surface area contributed by atoms with E-state index < -0.39 is 29.4 Å². The molecule has 0 radical (unpaired) electrons. The summed E-state index contributed by atoms with van der Waals surface area (Å²) in [5.74, 6) is -1.30. The van der Waals surface area contributed by atoms with Gasteiger partial charge < -0.3 is 14.8 Å². The fourth-order valence-electron chi connectivity index (χ4n) is 4.71. The van der Waals surface area contributed by atoms with Gasteiger partial charge in [0.05, 0.1) is 23.8 Å². The van der Waals surface area contributed by atoms with E-state index in [1.807, 2.05) is 32.0 Å². The minimum absolute atomic E-state index is 0.0174. The van der Waals surface area contributed by atoms with E-state index in [1.165, 1.54) is 0 Å². The summed E-state index contributed by atoms with van der Waals surface area (Å²) in [6.45, 7) is 9.77. The lowest BCUT2D eigenvalue weighted by Gasteiger charge is -2.42. The molecule has 202 valence electrons. The van der Waals surface area contributed by atoms with Gasteiger partial charge in [-0.25, -0.2) is 0 Å². The topological polar surface area (TPSA) is 93.7 Å². The van der Waals surface area contributed by atoms with E-state index in [-0.39, 0.29) is 29.4 Å². The largest absolute Gasteiger partial charge is 0.460 e. The van der Waals surface area contributed by atoms with E-state index in [2.05, 4.69) is 50.8 Å². The highest BCUT2D eigenvalue weighted by atomic mass is 79.9. The van der Waals surface area contributed by atoms with Crippen LogP contribution in [-0.2, 0) is 29.6 Å². The Morgan fingerprint density at radius 1 is 1.08 bits per heavy atom. The van der Waals surface area contributed by atoms with Crippen molar-refractivity contribution in [2.75, 3.05) is 11.9 Å². The van der Waals surface area contributed by atoms with Gasteiger partial charge in [-0.1, -0.05) is 72.2 Å². The Morgan fingerprint density at radius 3 is 2.41 bits per heavy atom. The maximum absolute atomic E-state index is 13.6. The summed E-state index contributed by atoms with van der Waals surface area (Å²) in [5, 5.41) is 8.57. The summed E-state index contributed by atoms with van der Waals surface area (Å²) in [6.07, 6.45) is 2.37. The molecule has 1 heterocycles. The molecule has 0 aliphatic carbocycles. The van der Waals surface area contributed by atoms with E-state index >= 15 is 0 Å². The number of esters is 1. The smallest absolute Gasteiger partial charge is 0.308 e. The highest BCUT2D eigenvalue weighted by molar-refractivity contribution is 9.09. The monoisotopic (exact) mass is 574 g/mol. The first kappa shape index (κ1) is 29.3. The molecule has 37 heavy (non-hydrogen) atoms. The fraction of sp³-hybridized carbons (Fsp3) is 0.552. The van der Waals surface area contributed by atoms with Crippen molar-refractivity contribution in [1.82, 2.24) is 10.6 Å². The van der Waals surface area contributed by atoms with E-state index in [0.717, 1.165) is 29.2 Å². The van der Waals surface area contributed by atoms with E-state index in [4.69, 9.17) is 9.47 Å². The first-order valence-corrected chi connectivity index (χ1v) is 14.1. The van der Waals surface area contributed by atoms with Crippen molar-refractivity contribution in [3.63, 3.8) is 0 Å². The molecule has 0 spiro atoms. The lowest BCUT2D eigenvalue weighted by molar-refractivity contribution is -0.156. The van der Waals surface area contributed by atoms with Gasteiger partial charge >= 0.3 is 5.97 Å². The van der Waals surface area contributed by atoms with Crippen molar-refractivity contribution in [2.45, 2.75) is 83.7 Å². The van der Waals surface area contributed by atoms with Crippen molar-refractivity contribution < 1.29 is 23.9 Å². The third-order valence-corrected chi connectivity index (χ3v) is 7.01. The van der Waals surface area contributed by atoms with E-state index in [1.54, 1.807) is 20.8 Å².